The lowest BCUT2D eigenvalue weighted by atomic mass is 9.94. The summed E-state index contributed by atoms with van der Waals surface area (Å²) in [6.07, 6.45) is 0.470. The van der Waals surface area contributed by atoms with Crippen molar-refractivity contribution < 1.29 is 18.0 Å². The summed E-state index contributed by atoms with van der Waals surface area (Å²) in [6, 6.07) is 0. The molecule has 1 heterocycles. The van der Waals surface area contributed by atoms with Gasteiger partial charge in [0.25, 0.3) is 0 Å². The van der Waals surface area contributed by atoms with Gasteiger partial charge in [-0.2, -0.15) is 4.31 Å². The second-order valence-electron chi connectivity index (χ2n) is 6.57. The van der Waals surface area contributed by atoms with Gasteiger partial charge in [-0.05, 0) is 25.7 Å². The maximum atomic E-state index is 12.3. The number of carbonyl (C=O) groups excluding carboxylic acids is 2. The van der Waals surface area contributed by atoms with Crippen LogP contribution in [-0.2, 0) is 19.6 Å². The van der Waals surface area contributed by atoms with Crippen molar-refractivity contribution in [1.29, 1.82) is 0 Å². The standard InChI is InChI=1S/C12H22N2O4S/c1-11(2,3)6-7-19(17,18)14-8-9(15)13-10(16)12(14,4)5/h6-8H2,1-5H3,(H,13,15,16). The van der Waals surface area contributed by atoms with Crippen LogP contribution in [0.1, 0.15) is 41.0 Å². The second-order valence-corrected chi connectivity index (χ2v) is 8.58. The highest BCUT2D eigenvalue weighted by molar-refractivity contribution is 7.89. The molecule has 0 aromatic carbocycles. The molecule has 6 nitrogen and oxygen atoms in total. The third kappa shape index (κ3) is 3.76. The number of nitrogens with zero attached hydrogens (tertiary/aromatic N) is 1. The number of imide groups is 1. The molecule has 1 aliphatic rings. The normalized spacial score (nSPS) is 21.3. The molecule has 0 aromatic heterocycles. The zero-order valence-corrected chi connectivity index (χ0v) is 12.9. The van der Waals surface area contributed by atoms with Crippen molar-refractivity contribution in [3.8, 4) is 0 Å². The molecule has 1 N–H and O–H groups in total. The molecular formula is C12H22N2O4S. The molecule has 1 aliphatic heterocycles. The maximum Gasteiger partial charge on any atom is 0.247 e. The Morgan fingerprint density at radius 2 is 1.79 bits per heavy atom. The van der Waals surface area contributed by atoms with Crippen LogP contribution in [0.3, 0.4) is 0 Å². The van der Waals surface area contributed by atoms with Crippen LogP contribution in [0.2, 0.25) is 0 Å². The number of rotatable bonds is 3. The minimum atomic E-state index is -3.64. The molecule has 0 aromatic rings. The van der Waals surface area contributed by atoms with E-state index in [0.29, 0.717) is 6.42 Å². The molecular weight excluding hydrogens is 268 g/mol. The number of nitrogens with one attached hydrogen (secondary N) is 1. The zero-order valence-electron chi connectivity index (χ0n) is 12.1. The molecule has 19 heavy (non-hydrogen) atoms. The predicted molar refractivity (Wildman–Crippen MR) is 71.8 cm³/mol. The van der Waals surface area contributed by atoms with E-state index in [1.807, 2.05) is 20.8 Å². The van der Waals surface area contributed by atoms with Gasteiger partial charge in [0, 0.05) is 0 Å². The predicted octanol–water partition coefficient (Wildman–Crippen LogP) is 0.489. The van der Waals surface area contributed by atoms with Crippen molar-refractivity contribution in [3.05, 3.63) is 0 Å². The first-order valence-electron chi connectivity index (χ1n) is 6.21. The Morgan fingerprint density at radius 1 is 1.26 bits per heavy atom. The topological polar surface area (TPSA) is 83.6 Å². The third-order valence-corrected chi connectivity index (χ3v) is 5.14. The highest BCUT2D eigenvalue weighted by atomic mass is 32.2. The number of amides is 2. The molecule has 0 bridgehead atoms. The molecule has 7 heteroatoms. The number of sulfonamides is 1. The highest BCUT2D eigenvalue weighted by Crippen LogP contribution is 2.26. The van der Waals surface area contributed by atoms with Crippen LogP contribution in [0.4, 0.5) is 0 Å². The Hall–Kier alpha value is -0.950. The number of hydrogen-bond acceptors (Lipinski definition) is 4. The lowest BCUT2D eigenvalue weighted by Gasteiger charge is -2.39. The molecule has 110 valence electrons. The van der Waals surface area contributed by atoms with E-state index in [1.54, 1.807) is 0 Å². The first-order valence-corrected chi connectivity index (χ1v) is 7.82. The van der Waals surface area contributed by atoms with Gasteiger partial charge in [0.2, 0.25) is 21.8 Å². The average molecular weight is 290 g/mol. The fourth-order valence-corrected chi connectivity index (χ4v) is 3.93. The number of hydrogen-bond donors (Lipinski definition) is 1. The summed E-state index contributed by atoms with van der Waals surface area (Å²) in [4.78, 5) is 23.1. The second kappa shape index (κ2) is 4.86. The quantitative estimate of drug-likeness (QED) is 0.767. The summed E-state index contributed by atoms with van der Waals surface area (Å²) in [5.74, 6) is -1.23. The van der Waals surface area contributed by atoms with Crippen LogP contribution in [0.5, 0.6) is 0 Å². The fourth-order valence-electron chi connectivity index (χ4n) is 1.75. The van der Waals surface area contributed by atoms with E-state index >= 15 is 0 Å². The van der Waals surface area contributed by atoms with E-state index in [9.17, 15) is 18.0 Å². The lowest BCUT2D eigenvalue weighted by molar-refractivity contribution is -0.141. The molecule has 1 saturated heterocycles. The van der Waals surface area contributed by atoms with E-state index in [4.69, 9.17) is 0 Å². The third-order valence-electron chi connectivity index (χ3n) is 3.17. The Morgan fingerprint density at radius 3 is 2.26 bits per heavy atom. The summed E-state index contributed by atoms with van der Waals surface area (Å²) in [5, 5.41) is 2.16. The van der Waals surface area contributed by atoms with E-state index in [2.05, 4.69) is 5.32 Å². The van der Waals surface area contributed by atoms with E-state index < -0.39 is 27.4 Å². The van der Waals surface area contributed by atoms with Gasteiger partial charge in [-0.1, -0.05) is 20.8 Å². The first kappa shape index (κ1) is 16.1. The molecule has 0 radical (unpaired) electrons. The summed E-state index contributed by atoms with van der Waals surface area (Å²) in [6.45, 7) is 8.54. The van der Waals surface area contributed by atoms with Gasteiger partial charge in [0.1, 0.15) is 5.54 Å². The molecule has 2 amide bonds. The first-order chi connectivity index (χ1) is 8.36. The van der Waals surface area contributed by atoms with Crippen LogP contribution in [0, 0.1) is 5.41 Å². The zero-order chi connectivity index (χ0) is 15.1. The van der Waals surface area contributed by atoms with Crippen molar-refractivity contribution >= 4 is 21.8 Å². The van der Waals surface area contributed by atoms with Crippen molar-refractivity contribution in [3.63, 3.8) is 0 Å². The molecule has 1 fully saturated rings. The Kier molecular flexibility index (Phi) is 4.12. The monoisotopic (exact) mass is 290 g/mol. The highest BCUT2D eigenvalue weighted by Gasteiger charge is 2.46. The minimum absolute atomic E-state index is 0.0690. The van der Waals surface area contributed by atoms with Crippen LogP contribution in [-0.4, -0.2) is 42.4 Å². The van der Waals surface area contributed by atoms with Gasteiger partial charge >= 0.3 is 0 Å². The van der Waals surface area contributed by atoms with Gasteiger partial charge in [-0.25, -0.2) is 8.42 Å². The van der Waals surface area contributed by atoms with Gasteiger partial charge in [-0.15, -0.1) is 0 Å². The smallest absolute Gasteiger partial charge is 0.247 e. The molecule has 0 atom stereocenters. The van der Waals surface area contributed by atoms with Crippen LogP contribution in [0.15, 0.2) is 0 Å². The molecule has 0 aliphatic carbocycles. The molecule has 0 spiro atoms. The van der Waals surface area contributed by atoms with E-state index in [1.165, 1.54) is 13.8 Å². The van der Waals surface area contributed by atoms with E-state index in [0.717, 1.165) is 4.31 Å². The summed E-state index contributed by atoms with van der Waals surface area (Å²) in [7, 11) is -3.64. The molecule has 0 saturated carbocycles. The van der Waals surface area contributed by atoms with Gasteiger partial charge in [0.05, 0.1) is 12.3 Å². The van der Waals surface area contributed by atoms with Gasteiger partial charge in [0.15, 0.2) is 0 Å². The molecule has 1 rings (SSSR count). The SMILES string of the molecule is CC(C)(C)CCS(=O)(=O)N1CC(=O)NC(=O)C1(C)C. The maximum absolute atomic E-state index is 12.3. The Labute approximate surface area is 114 Å². The van der Waals surface area contributed by atoms with Crippen molar-refractivity contribution in [2.75, 3.05) is 12.3 Å². The summed E-state index contributed by atoms with van der Waals surface area (Å²) in [5.41, 5.74) is -1.36. The van der Waals surface area contributed by atoms with Gasteiger partial charge < -0.3 is 0 Å². The number of carbonyl (C=O) groups is 2. The lowest BCUT2D eigenvalue weighted by Crippen LogP contribution is -2.65. The molecule has 0 unspecified atom stereocenters. The van der Waals surface area contributed by atoms with Crippen molar-refractivity contribution in [2.24, 2.45) is 5.41 Å². The van der Waals surface area contributed by atoms with Crippen LogP contribution < -0.4 is 5.32 Å². The largest absolute Gasteiger partial charge is 0.294 e. The summed E-state index contributed by atoms with van der Waals surface area (Å²) < 4.78 is 25.7. The van der Waals surface area contributed by atoms with Crippen molar-refractivity contribution in [1.82, 2.24) is 9.62 Å². The van der Waals surface area contributed by atoms with Crippen LogP contribution >= 0.6 is 0 Å². The summed E-state index contributed by atoms with van der Waals surface area (Å²) >= 11 is 0. The Bertz CT molecular complexity index is 488. The average Bonchev–Trinajstić information content (AvgIpc) is 2.20. The van der Waals surface area contributed by atoms with Crippen molar-refractivity contribution in [2.45, 2.75) is 46.6 Å². The van der Waals surface area contributed by atoms with Gasteiger partial charge in [-0.3, -0.25) is 14.9 Å². The number of piperazine rings is 1. The minimum Gasteiger partial charge on any atom is -0.294 e. The van der Waals surface area contributed by atoms with Crippen LogP contribution in [0.25, 0.3) is 0 Å². The fraction of sp³-hybridized carbons (Fsp3) is 0.833. The Balaban J connectivity index is 2.98. The van der Waals surface area contributed by atoms with E-state index in [-0.39, 0.29) is 17.7 Å².